The van der Waals surface area contributed by atoms with Gasteiger partial charge in [0.15, 0.2) is 5.58 Å². The van der Waals surface area contributed by atoms with Crippen molar-refractivity contribution in [3.63, 3.8) is 0 Å². The van der Waals surface area contributed by atoms with Crippen LogP contribution in [0.2, 0.25) is 0 Å². The predicted octanol–water partition coefficient (Wildman–Crippen LogP) is 5.97. The molecule has 0 unspecified atom stereocenters. The summed E-state index contributed by atoms with van der Waals surface area (Å²) in [5.41, 5.74) is -1.09. The van der Waals surface area contributed by atoms with E-state index in [1.165, 1.54) is 11.3 Å². The van der Waals surface area contributed by atoms with E-state index in [2.05, 4.69) is 20.9 Å². The third-order valence-corrected chi connectivity index (χ3v) is 4.74. The molecule has 0 amide bonds. The second-order valence-electron chi connectivity index (χ2n) is 4.37. The van der Waals surface area contributed by atoms with Crippen LogP contribution in [0.1, 0.15) is 5.56 Å². The third kappa shape index (κ3) is 2.41. The number of thiophene rings is 1. The van der Waals surface area contributed by atoms with Gasteiger partial charge in [-0.15, -0.1) is 11.3 Å². The highest BCUT2D eigenvalue weighted by atomic mass is 79.9. The molecule has 2 nitrogen and oxygen atoms in total. The number of alkyl halides is 5. The number of hydrogen-bond acceptors (Lipinski definition) is 3. The van der Waals surface area contributed by atoms with Gasteiger partial charge in [-0.1, -0.05) is 0 Å². The number of halogens is 6. The van der Waals surface area contributed by atoms with Crippen LogP contribution in [0.3, 0.4) is 0 Å². The molecular formula is C13H5BrF5NOS. The first kappa shape index (κ1) is 15.4. The Morgan fingerprint density at radius 1 is 1.09 bits per heavy atom. The summed E-state index contributed by atoms with van der Waals surface area (Å²) in [4.78, 5) is 4.61. The molecule has 0 saturated heterocycles. The molecule has 0 aliphatic carbocycles. The molecule has 1 aromatic carbocycles. The van der Waals surface area contributed by atoms with E-state index >= 15 is 0 Å². The average molecular weight is 398 g/mol. The van der Waals surface area contributed by atoms with Crippen LogP contribution in [0, 0.1) is 0 Å². The van der Waals surface area contributed by atoms with E-state index in [1.54, 1.807) is 11.4 Å². The minimum Gasteiger partial charge on any atom is -0.435 e. The molecule has 3 rings (SSSR count). The number of oxazole rings is 1. The van der Waals surface area contributed by atoms with Crippen LogP contribution in [0.4, 0.5) is 22.0 Å². The molecule has 2 heterocycles. The van der Waals surface area contributed by atoms with Crippen molar-refractivity contribution < 1.29 is 26.4 Å². The van der Waals surface area contributed by atoms with Crippen LogP contribution in [-0.4, -0.2) is 11.2 Å². The van der Waals surface area contributed by atoms with Gasteiger partial charge in [0.2, 0.25) is 5.89 Å². The Labute approximate surface area is 132 Å². The number of aromatic nitrogens is 1. The minimum atomic E-state index is -5.66. The number of nitrogens with zero attached hydrogens (tertiary/aromatic N) is 1. The SMILES string of the molecule is FC(F)(F)C(F)(F)c1ccc2oc(-c3sccc3Br)nc2c1. The quantitative estimate of drug-likeness (QED) is 0.497. The van der Waals surface area contributed by atoms with Gasteiger partial charge in [-0.25, -0.2) is 4.98 Å². The van der Waals surface area contributed by atoms with Crippen LogP contribution in [0.15, 0.2) is 38.5 Å². The Balaban J connectivity index is 2.10. The molecule has 3 aromatic rings. The van der Waals surface area contributed by atoms with Gasteiger partial charge in [0.25, 0.3) is 0 Å². The molecular weight excluding hydrogens is 393 g/mol. The summed E-state index contributed by atoms with van der Waals surface area (Å²) < 4.78 is 70.0. The molecule has 9 heteroatoms. The van der Waals surface area contributed by atoms with Crippen molar-refractivity contribution in [3.8, 4) is 10.8 Å². The lowest BCUT2D eigenvalue weighted by Gasteiger charge is -2.19. The lowest BCUT2D eigenvalue weighted by Crippen LogP contribution is -2.33. The zero-order valence-electron chi connectivity index (χ0n) is 10.4. The fourth-order valence-corrected chi connectivity index (χ4v) is 3.30. The predicted molar refractivity (Wildman–Crippen MR) is 75.0 cm³/mol. The summed E-state index contributed by atoms with van der Waals surface area (Å²) in [5.74, 6) is -4.78. The maximum Gasteiger partial charge on any atom is 0.458 e. The Bertz CT molecular complexity index is 838. The highest BCUT2D eigenvalue weighted by Gasteiger charge is 2.58. The molecule has 0 aliphatic heterocycles. The van der Waals surface area contributed by atoms with Crippen molar-refractivity contribution >= 4 is 38.4 Å². The van der Waals surface area contributed by atoms with Crippen molar-refractivity contribution in [1.82, 2.24) is 4.98 Å². The summed E-state index contributed by atoms with van der Waals surface area (Å²) in [7, 11) is 0. The number of hydrogen-bond donors (Lipinski definition) is 0. The third-order valence-electron chi connectivity index (χ3n) is 2.92. The van der Waals surface area contributed by atoms with Gasteiger partial charge in [-0.3, -0.25) is 0 Å². The highest BCUT2D eigenvalue weighted by Crippen LogP contribution is 2.44. The smallest absolute Gasteiger partial charge is 0.435 e. The number of fused-ring (bicyclic) bond motifs is 1. The zero-order valence-corrected chi connectivity index (χ0v) is 12.8. The van der Waals surface area contributed by atoms with Gasteiger partial charge >= 0.3 is 12.1 Å². The molecule has 0 saturated carbocycles. The number of benzene rings is 1. The normalized spacial score (nSPS) is 13.0. The highest BCUT2D eigenvalue weighted by molar-refractivity contribution is 9.10. The standard InChI is InChI=1S/C13H5BrF5NOS/c14-7-3-4-22-10(7)11-20-8-5-6(1-2-9(8)21-11)12(15,16)13(17,18)19/h1-5H. The topological polar surface area (TPSA) is 26.0 Å². The molecule has 116 valence electrons. The van der Waals surface area contributed by atoms with Gasteiger partial charge in [-0.05, 0) is 45.6 Å². The summed E-state index contributed by atoms with van der Waals surface area (Å²) in [6.07, 6.45) is -5.66. The van der Waals surface area contributed by atoms with Crippen molar-refractivity contribution in [2.45, 2.75) is 12.1 Å². The van der Waals surface area contributed by atoms with Gasteiger partial charge in [0, 0.05) is 10.0 Å². The molecule has 0 radical (unpaired) electrons. The van der Waals surface area contributed by atoms with Gasteiger partial charge in [0.05, 0.1) is 0 Å². The van der Waals surface area contributed by atoms with Crippen LogP contribution in [0.25, 0.3) is 21.9 Å². The lowest BCUT2D eigenvalue weighted by atomic mass is 10.1. The van der Waals surface area contributed by atoms with E-state index in [4.69, 9.17) is 4.42 Å². The van der Waals surface area contributed by atoms with Gasteiger partial charge < -0.3 is 4.42 Å². The fourth-order valence-electron chi connectivity index (χ4n) is 1.83. The second kappa shape index (κ2) is 5.02. The van der Waals surface area contributed by atoms with Crippen LogP contribution < -0.4 is 0 Å². The molecule has 0 bridgehead atoms. The Hall–Kier alpha value is -1.48. The van der Waals surface area contributed by atoms with E-state index in [0.29, 0.717) is 21.5 Å². The van der Waals surface area contributed by atoms with Crippen molar-refractivity contribution in [1.29, 1.82) is 0 Å². The maximum atomic E-state index is 13.3. The van der Waals surface area contributed by atoms with E-state index < -0.39 is 17.7 Å². The summed E-state index contributed by atoms with van der Waals surface area (Å²) >= 11 is 4.57. The van der Waals surface area contributed by atoms with Crippen molar-refractivity contribution in [3.05, 3.63) is 39.7 Å². The summed E-state index contributed by atoms with van der Waals surface area (Å²) in [6.45, 7) is 0. The minimum absolute atomic E-state index is 0.0586. The first-order valence-electron chi connectivity index (χ1n) is 5.79. The molecule has 0 fully saturated rings. The largest absolute Gasteiger partial charge is 0.458 e. The first-order valence-corrected chi connectivity index (χ1v) is 7.46. The lowest BCUT2D eigenvalue weighted by molar-refractivity contribution is -0.289. The molecule has 0 spiro atoms. The van der Waals surface area contributed by atoms with Gasteiger partial charge in [-0.2, -0.15) is 22.0 Å². The van der Waals surface area contributed by atoms with E-state index in [0.717, 1.165) is 6.07 Å². The average Bonchev–Trinajstić information content (AvgIpc) is 3.01. The van der Waals surface area contributed by atoms with Crippen molar-refractivity contribution in [2.75, 3.05) is 0 Å². The van der Waals surface area contributed by atoms with Crippen LogP contribution in [-0.2, 0) is 5.92 Å². The Kier molecular flexibility index (Phi) is 3.52. The Morgan fingerprint density at radius 3 is 2.41 bits per heavy atom. The number of rotatable bonds is 2. The van der Waals surface area contributed by atoms with E-state index in [1.807, 2.05) is 0 Å². The summed E-state index contributed by atoms with van der Waals surface area (Å²) in [5, 5.41) is 1.76. The Morgan fingerprint density at radius 2 is 1.82 bits per heavy atom. The zero-order chi connectivity index (χ0) is 16.1. The maximum absolute atomic E-state index is 13.3. The molecule has 0 N–H and O–H groups in total. The van der Waals surface area contributed by atoms with E-state index in [-0.39, 0.29) is 17.0 Å². The first-order chi connectivity index (χ1) is 10.2. The second-order valence-corrected chi connectivity index (χ2v) is 6.14. The van der Waals surface area contributed by atoms with Gasteiger partial charge in [0.1, 0.15) is 10.4 Å². The van der Waals surface area contributed by atoms with Crippen LogP contribution >= 0.6 is 27.3 Å². The van der Waals surface area contributed by atoms with Crippen molar-refractivity contribution in [2.24, 2.45) is 0 Å². The monoisotopic (exact) mass is 397 g/mol. The summed E-state index contributed by atoms with van der Waals surface area (Å²) in [6, 6.07) is 4.19. The molecule has 22 heavy (non-hydrogen) atoms. The van der Waals surface area contributed by atoms with Crippen LogP contribution in [0.5, 0.6) is 0 Å². The van der Waals surface area contributed by atoms with E-state index in [9.17, 15) is 22.0 Å². The fraction of sp³-hybridized carbons (Fsp3) is 0.154. The molecule has 2 aromatic heterocycles. The molecule has 0 aliphatic rings. The molecule has 0 atom stereocenters.